The summed E-state index contributed by atoms with van der Waals surface area (Å²) in [6.45, 7) is 8.13. The minimum absolute atomic E-state index is 0.0926. The average molecular weight is 290 g/mol. The van der Waals surface area contributed by atoms with Crippen molar-refractivity contribution in [1.29, 1.82) is 0 Å². The Hall–Kier alpha value is -1.55. The second-order valence-corrected chi connectivity index (χ2v) is 6.26. The van der Waals surface area contributed by atoms with Gasteiger partial charge in [-0.3, -0.25) is 4.79 Å². The van der Waals surface area contributed by atoms with Gasteiger partial charge in [0, 0.05) is 24.5 Å². The van der Waals surface area contributed by atoms with Gasteiger partial charge in [-0.05, 0) is 49.4 Å². The van der Waals surface area contributed by atoms with Crippen LogP contribution in [0.15, 0.2) is 18.2 Å². The van der Waals surface area contributed by atoms with Gasteiger partial charge in [0.15, 0.2) is 0 Å². The quantitative estimate of drug-likeness (QED) is 0.876. The number of rotatable bonds is 5. The predicted octanol–water partition coefficient (Wildman–Crippen LogP) is 2.94. The molecule has 0 spiro atoms. The molecule has 0 saturated carbocycles. The lowest BCUT2D eigenvalue weighted by Crippen LogP contribution is -2.24. The molecule has 1 aromatic carbocycles. The molecule has 0 radical (unpaired) electrons. The van der Waals surface area contributed by atoms with Crippen LogP contribution in [0.1, 0.15) is 38.7 Å². The first-order valence-corrected chi connectivity index (χ1v) is 7.81. The highest BCUT2D eigenvalue weighted by atomic mass is 16.3. The van der Waals surface area contributed by atoms with Gasteiger partial charge in [-0.2, -0.15) is 0 Å². The van der Waals surface area contributed by atoms with E-state index in [4.69, 9.17) is 0 Å². The summed E-state index contributed by atoms with van der Waals surface area (Å²) in [6, 6.07) is 6.03. The minimum atomic E-state index is -0.588. The molecule has 1 fully saturated rings. The molecule has 1 amide bonds. The summed E-state index contributed by atoms with van der Waals surface area (Å²) < 4.78 is 0. The maximum absolute atomic E-state index is 11.9. The molecule has 0 bridgehead atoms. The fourth-order valence-electron chi connectivity index (χ4n) is 2.68. The summed E-state index contributed by atoms with van der Waals surface area (Å²) in [5, 5.41) is 12.6. The first kappa shape index (κ1) is 15.8. The van der Waals surface area contributed by atoms with Gasteiger partial charge >= 0.3 is 0 Å². The highest BCUT2D eigenvalue weighted by Gasteiger charge is 2.16. The van der Waals surface area contributed by atoms with Crippen LogP contribution in [0.3, 0.4) is 0 Å². The maximum Gasteiger partial charge on any atom is 0.226 e. The van der Waals surface area contributed by atoms with Crippen LogP contribution in [-0.4, -0.2) is 30.2 Å². The van der Waals surface area contributed by atoms with Crippen LogP contribution in [0.5, 0.6) is 0 Å². The number of nitrogens with one attached hydrogen (secondary N) is 1. The molecular formula is C17H26N2O2. The van der Waals surface area contributed by atoms with E-state index >= 15 is 0 Å². The van der Waals surface area contributed by atoms with E-state index in [0.29, 0.717) is 0 Å². The van der Waals surface area contributed by atoms with Gasteiger partial charge in [-0.1, -0.05) is 13.8 Å². The fourth-order valence-corrected chi connectivity index (χ4v) is 2.68. The van der Waals surface area contributed by atoms with E-state index in [1.54, 1.807) is 0 Å². The SMILES string of the molecule is Cc1cc(NC(=O)CC(O)C(C)C)ccc1N1CCCC1. The zero-order chi connectivity index (χ0) is 15.4. The topological polar surface area (TPSA) is 52.6 Å². The Bertz CT molecular complexity index is 494. The third-order valence-electron chi connectivity index (χ3n) is 4.09. The third kappa shape index (κ3) is 4.21. The molecule has 2 rings (SSSR count). The Morgan fingerprint density at radius 3 is 2.57 bits per heavy atom. The van der Waals surface area contributed by atoms with Crippen molar-refractivity contribution in [3.05, 3.63) is 23.8 Å². The van der Waals surface area contributed by atoms with Crippen molar-refractivity contribution >= 4 is 17.3 Å². The Morgan fingerprint density at radius 1 is 1.33 bits per heavy atom. The summed E-state index contributed by atoms with van der Waals surface area (Å²) >= 11 is 0. The molecule has 1 unspecified atom stereocenters. The van der Waals surface area contributed by atoms with Crippen molar-refractivity contribution in [2.75, 3.05) is 23.3 Å². The molecule has 1 aliphatic rings. The van der Waals surface area contributed by atoms with Crippen molar-refractivity contribution in [2.45, 2.75) is 46.1 Å². The standard InChI is InChI=1S/C17H26N2O2/c1-12(2)16(20)11-17(21)18-14-6-7-15(13(3)10-14)19-8-4-5-9-19/h6-7,10,12,16,20H,4-5,8-9,11H2,1-3H3,(H,18,21). The summed E-state index contributed by atoms with van der Waals surface area (Å²) in [4.78, 5) is 14.3. The van der Waals surface area contributed by atoms with E-state index in [2.05, 4.69) is 23.2 Å². The summed E-state index contributed by atoms with van der Waals surface area (Å²) in [5.41, 5.74) is 3.24. The van der Waals surface area contributed by atoms with Crippen LogP contribution in [0.2, 0.25) is 0 Å². The maximum atomic E-state index is 11.9. The second-order valence-electron chi connectivity index (χ2n) is 6.26. The van der Waals surface area contributed by atoms with E-state index in [9.17, 15) is 9.90 Å². The van der Waals surface area contributed by atoms with Gasteiger partial charge in [0.2, 0.25) is 5.91 Å². The number of aryl methyl sites for hydroxylation is 1. The van der Waals surface area contributed by atoms with Gasteiger partial charge < -0.3 is 15.3 Å². The summed E-state index contributed by atoms with van der Waals surface area (Å²) in [6.07, 6.45) is 2.07. The molecule has 0 aromatic heterocycles. The van der Waals surface area contributed by atoms with Crippen molar-refractivity contribution in [2.24, 2.45) is 5.92 Å². The van der Waals surface area contributed by atoms with Gasteiger partial charge in [0.1, 0.15) is 0 Å². The number of aliphatic hydroxyl groups is 1. The zero-order valence-corrected chi connectivity index (χ0v) is 13.2. The number of benzene rings is 1. The molecule has 2 N–H and O–H groups in total. The highest BCUT2D eigenvalue weighted by Crippen LogP contribution is 2.26. The molecule has 1 aromatic rings. The van der Waals surface area contributed by atoms with Crippen LogP contribution in [-0.2, 0) is 4.79 Å². The van der Waals surface area contributed by atoms with Crippen molar-refractivity contribution in [3.8, 4) is 0 Å². The van der Waals surface area contributed by atoms with Crippen LogP contribution in [0, 0.1) is 12.8 Å². The van der Waals surface area contributed by atoms with Crippen LogP contribution < -0.4 is 10.2 Å². The number of carbonyl (C=O) groups is 1. The normalized spacial score (nSPS) is 16.3. The third-order valence-corrected chi connectivity index (χ3v) is 4.09. The van der Waals surface area contributed by atoms with E-state index in [0.717, 1.165) is 18.8 Å². The van der Waals surface area contributed by atoms with Crippen molar-refractivity contribution in [3.63, 3.8) is 0 Å². The van der Waals surface area contributed by atoms with E-state index in [-0.39, 0.29) is 18.2 Å². The van der Waals surface area contributed by atoms with Crippen LogP contribution in [0.4, 0.5) is 11.4 Å². The largest absolute Gasteiger partial charge is 0.392 e. The lowest BCUT2D eigenvalue weighted by Gasteiger charge is -2.21. The minimum Gasteiger partial charge on any atom is -0.392 e. The molecule has 116 valence electrons. The molecule has 4 nitrogen and oxygen atoms in total. The first-order valence-electron chi connectivity index (χ1n) is 7.81. The number of hydrogen-bond acceptors (Lipinski definition) is 3. The molecule has 1 aliphatic heterocycles. The molecular weight excluding hydrogens is 264 g/mol. The van der Waals surface area contributed by atoms with Crippen molar-refractivity contribution in [1.82, 2.24) is 0 Å². The molecule has 21 heavy (non-hydrogen) atoms. The van der Waals surface area contributed by atoms with Gasteiger partial charge in [0.25, 0.3) is 0 Å². The van der Waals surface area contributed by atoms with Crippen molar-refractivity contribution < 1.29 is 9.90 Å². The molecule has 0 aliphatic carbocycles. The predicted molar refractivity (Wildman–Crippen MR) is 86.7 cm³/mol. The van der Waals surface area contributed by atoms with E-state index in [1.165, 1.54) is 24.1 Å². The average Bonchev–Trinajstić information content (AvgIpc) is 2.92. The summed E-state index contributed by atoms with van der Waals surface area (Å²) in [5.74, 6) is -0.0421. The van der Waals surface area contributed by atoms with Gasteiger partial charge in [-0.15, -0.1) is 0 Å². The van der Waals surface area contributed by atoms with Crippen LogP contribution >= 0.6 is 0 Å². The monoisotopic (exact) mass is 290 g/mol. The molecule has 1 heterocycles. The number of hydrogen-bond donors (Lipinski definition) is 2. The first-order chi connectivity index (χ1) is 9.97. The number of anilines is 2. The smallest absolute Gasteiger partial charge is 0.226 e. The van der Waals surface area contributed by atoms with E-state index < -0.39 is 6.10 Å². The summed E-state index contributed by atoms with van der Waals surface area (Å²) in [7, 11) is 0. The lowest BCUT2D eigenvalue weighted by molar-refractivity contribution is -0.118. The Balaban J connectivity index is 1.98. The number of amides is 1. The van der Waals surface area contributed by atoms with Gasteiger partial charge in [-0.25, -0.2) is 0 Å². The van der Waals surface area contributed by atoms with Gasteiger partial charge in [0.05, 0.1) is 12.5 Å². The molecule has 1 saturated heterocycles. The molecule has 4 heteroatoms. The van der Waals surface area contributed by atoms with Crippen LogP contribution in [0.25, 0.3) is 0 Å². The Morgan fingerprint density at radius 2 is 2.00 bits per heavy atom. The zero-order valence-electron chi connectivity index (χ0n) is 13.2. The lowest BCUT2D eigenvalue weighted by atomic mass is 10.0. The highest BCUT2D eigenvalue weighted by molar-refractivity contribution is 5.91. The Kier molecular flexibility index (Phi) is 5.23. The number of nitrogens with zero attached hydrogens (tertiary/aromatic N) is 1. The molecule has 1 atom stereocenters. The Labute approximate surface area is 127 Å². The second kappa shape index (κ2) is 6.94. The fraction of sp³-hybridized carbons (Fsp3) is 0.588. The number of aliphatic hydroxyl groups excluding tert-OH is 1. The number of carbonyl (C=O) groups excluding carboxylic acids is 1. The van der Waals surface area contributed by atoms with E-state index in [1.807, 2.05) is 26.0 Å².